The number of nitrogens with one attached hydrogen (secondary N) is 2. The zero-order valence-corrected chi connectivity index (χ0v) is 11.6. The van der Waals surface area contributed by atoms with Gasteiger partial charge in [-0.3, -0.25) is 4.79 Å². The van der Waals surface area contributed by atoms with Crippen molar-refractivity contribution in [1.29, 1.82) is 0 Å². The quantitative estimate of drug-likeness (QED) is 0.446. The highest BCUT2D eigenvalue weighted by atomic mass is 16.1. The molecular weight excluding hydrogens is 276 g/mol. The molecule has 0 saturated carbocycles. The summed E-state index contributed by atoms with van der Waals surface area (Å²) >= 11 is 0. The monoisotopic (exact) mass is 288 g/mol. The summed E-state index contributed by atoms with van der Waals surface area (Å²) in [5.74, 6) is 0.521. The van der Waals surface area contributed by atoms with Crippen LogP contribution in [0.15, 0.2) is 53.7 Å². The molecule has 2 aromatic carbocycles. The number of benzene rings is 2. The van der Waals surface area contributed by atoms with Crippen LogP contribution in [0.2, 0.25) is 0 Å². The molecule has 4 rings (SSSR count). The van der Waals surface area contributed by atoms with Crippen LogP contribution < -0.4 is 0 Å². The van der Waals surface area contributed by atoms with Crippen molar-refractivity contribution in [3.63, 3.8) is 0 Å². The minimum Gasteiger partial charge on any atom is -0.361 e. The molecule has 2 N–H and O–H groups in total. The predicted octanol–water partition coefficient (Wildman–Crippen LogP) is 3.61. The minimum atomic E-state index is 0.521. The summed E-state index contributed by atoms with van der Waals surface area (Å²) in [7, 11) is 0. The Kier molecular flexibility index (Phi) is 2.83. The molecule has 0 fully saturated rings. The number of nitrogens with zero attached hydrogens (tertiary/aromatic N) is 2. The van der Waals surface area contributed by atoms with Gasteiger partial charge in [0.15, 0.2) is 6.29 Å². The van der Waals surface area contributed by atoms with Gasteiger partial charge < -0.3 is 9.97 Å². The summed E-state index contributed by atoms with van der Waals surface area (Å²) in [6, 6.07) is 13.4. The second-order valence-electron chi connectivity index (χ2n) is 4.96. The smallest absolute Gasteiger partial charge is 0.227 e. The van der Waals surface area contributed by atoms with Crippen molar-refractivity contribution in [2.45, 2.75) is 0 Å². The number of para-hydroxylation sites is 2. The largest absolute Gasteiger partial charge is 0.361 e. The molecule has 0 saturated heterocycles. The van der Waals surface area contributed by atoms with Crippen LogP contribution in [-0.4, -0.2) is 27.5 Å². The Bertz CT molecular complexity index is 977. The van der Waals surface area contributed by atoms with Crippen molar-refractivity contribution in [3.05, 3.63) is 59.8 Å². The molecule has 0 unspecified atom stereocenters. The fourth-order valence-corrected chi connectivity index (χ4v) is 2.55. The van der Waals surface area contributed by atoms with E-state index in [0.29, 0.717) is 11.5 Å². The van der Waals surface area contributed by atoms with Gasteiger partial charge in [0.25, 0.3) is 0 Å². The first-order valence-electron chi connectivity index (χ1n) is 6.89. The Morgan fingerprint density at radius 2 is 1.95 bits per heavy atom. The summed E-state index contributed by atoms with van der Waals surface area (Å²) in [5.41, 5.74) is 4.13. The van der Waals surface area contributed by atoms with Gasteiger partial charge in [-0.15, -0.1) is 0 Å². The van der Waals surface area contributed by atoms with E-state index in [4.69, 9.17) is 0 Å². The van der Waals surface area contributed by atoms with Crippen molar-refractivity contribution in [2.24, 2.45) is 4.99 Å². The number of aromatic nitrogens is 3. The van der Waals surface area contributed by atoms with Gasteiger partial charge in [-0.25, -0.2) is 9.98 Å². The topological polar surface area (TPSA) is 73.9 Å². The molecule has 2 aromatic heterocycles. The third-order valence-electron chi connectivity index (χ3n) is 3.63. The first kappa shape index (κ1) is 12.5. The number of rotatable bonds is 3. The van der Waals surface area contributed by atoms with Crippen molar-refractivity contribution < 1.29 is 4.79 Å². The Morgan fingerprint density at radius 1 is 1.05 bits per heavy atom. The molecule has 0 bridgehead atoms. The molecule has 0 amide bonds. The number of aromatic amines is 2. The maximum atomic E-state index is 11.4. The van der Waals surface area contributed by atoms with Crippen molar-refractivity contribution in [1.82, 2.24) is 15.0 Å². The van der Waals surface area contributed by atoms with Crippen molar-refractivity contribution >= 4 is 40.4 Å². The Morgan fingerprint density at radius 3 is 2.82 bits per heavy atom. The van der Waals surface area contributed by atoms with Gasteiger partial charge >= 0.3 is 0 Å². The molecule has 0 aliphatic carbocycles. The average Bonchev–Trinajstić information content (AvgIpc) is 3.18. The normalized spacial score (nSPS) is 11.6. The lowest BCUT2D eigenvalue weighted by molar-refractivity contribution is 0.112. The van der Waals surface area contributed by atoms with E-state index < -0.39 is 0 Å². The van der Waals surface area contributed by atoms with Crippen molar-refractivity contribution in [2.75, 3.05) is 0 Å². The van der Waals surface area contributed by atoms with Crippen LogP contribution in [0.4, 0.5) is 5.95 Å². The lowest BCUT2D eigenvalue weighted by atomic mass is 10.1. The summed E-state index contributed by atoms with van der Waals surface area (Å²) in [6.45, 7) is 0. The Balaban J connectivity index is 1.77. The summed E-state index contributed by atoms with van der Waals surface area (Å²) in [4.78, 5) is 26.4. The number of aliphatic imine (C=N–C) groups is 1. The number of carbonyl (C=O) groups is 1. The van der Waals surface area contributed by atoms with Gasteiger partial charge in [0, 0.05) is 34.4 Å². The molecule has 22 heavy (non-hydrogen) atoms. The first-order valence-corrected chi connectivity index (χ1v) is 6.89. The molecule has 4 aromatic rings. The summed E-state index contributed by atoms with van der Waals surface area (Å²) in [6.07, 6.45) is 4.34. The highest BCUT2D eigenvalue weighted by Gasteiger charge is 2.06. The van der Waals surface area contributed by atoms with Crippen LogP contribution in [0.5, 0.6) is 0 Å². The van der Waals surface area contributed by atoms with E-state index >= 15 is 0 Å². The fraction of sp³-hybridized carbons (Fsp3) is 0. The summed E-state index contributed by atoms with van der Waals surface area (Å²) in [5, 5.41) is 0.892. The van der Waals surface area contributed by atoms with Crippen LogP contribution in [0.3, 0.4) is 0 Å². The molecule has 106 valence electrons. The van der Waals surface area contributed by atoms with Crippen LogP contribution in [0, 0.1) is 0 Å². The second-order valence-corrected chi connectivity index (χ2v) is 4.96. The number of imidazole rings is 1. The van der Waals surface area contributed by atoms with E-state index in [9.17, 15) is 4.79 Å². The number of hydrogen-bond acceptors (Lipinski definition) is 3. The van der Waals surface area contributed by atoms with E-state index in [1.165, 1.54) is 0 Å². The zero-order valence-electron chi connectivity index (χ0n) is 11.6. The van der Waals surface area contributed by atoms with Gasteiger partial charge in [0.2, 0.25) is 5.95 Å². The van der Waals surface area contributed by atoms with E-state index in [1.807, 2.05) is 48.7 Å². The Hall–Kier alpha value is -3.21. The molecule has 0 aliphatic rings. The molecule has 0 spiro atoms. The minimum absolute atomic E-state index is 0.521. The van der Waals surface area contributed by atoms with Crippen LogP contribution in [0.1, 0.15) is 15.9 Å². The molecule has 5 nitrogen and oxygen atoms in total. The van der Waals surface area contributed by atoms with Crippen LogP contribution in [0.25, 0.3) is 21.9 Å². The van der Waals surface area contributed by atoms with Gasteiger partial charge in [0.05, 0.1) is 11.0 Å². The second kappa shape index (κ2) is 4.96. The van der Waals surface area contributed by atoms with Crippen LogP contribution in [-0.2, 0) is 0 Å². The highest BCUT2D eigenvalue weighted by molar-refractivity contribution is 6.05. The SMILES string of the molecule is O=Cc1c(/C=N/c2nc3ccccc3[nH]2)ccc2[nH]ccc12. The molecule has 0 radical (unpaired) electrons. The molecular formula is C17H12N4O. The maximum absolute atomic E-state index is 11.4. The predicted molar refractivity (Wildman–Crippen MR) is 87.0 cm³/mol. The van der Waals surface area contributed by atoms with Crippen molar-refractivity contribution in [3.8, 4) is 0 Å². The number of fused-ring (bicyclic) bond motifs is 2. The lowest BCUT2D eigenvalue weighted by Crippen LogP contribution is -1.92. The van der Waals surface area contributed by atoms with E-state index in [-0.39, 0.29) is 0 Å². The van der Waals surface area contributed by atoms with Gasteiger partial charge in [-0.1, -0.05) is 18.2 Å². The number of aldehydes is 1. The summed E-state index contributed by atoms with van der Waals surface area (Å²) < 4.78 is 0. The molecule has 0 aliphatic heterocycles. The number of hydrogen-bond donors (Lipinski definition) is 2. The van der Waals surface area contributed by atoms with E-state index in [0.717, 1.165) is 33.8 Å². The molecule has 2 heterocycles. The number of H-pyrrole nitrogens is 2. The first-order chi connectivity index (χ1) is 10.8. The average molecular weight is 288 g/mol. The third kappa shape index (κ3) is 2.00. The van der Waals surface area contributed by atoms with E-state index in [1.54, 1.807) is 6.21 Å². The lowest BCUT2D eigenvalue weighted by Gasteiger charge is -2.00. The highest BCUT2D eigenvalue weighted by Crippen LogP contribution is 2.20. The van der Waals surface area contributed by atoms with Gasteiger partial charge in [-0.2, -0.15) is 0 Å². The van der Waals surface area contributed by atoms with Gasteiger partial charge in [-0.05, 0) is 24.3 Å². The Labute approximate surface area is 125 Å². The number of carbonyl (C=O) groups excluding carboxylic acids is 1. The molecule has 5 heteroatoms. The zero-order chi connectivity index (χ0) is 14.9. The van der Waals surface area contributed by atoms with Crippen LogP contribution >= 0.6 is 0 Å². The third-order valence-corrected chi connectivity index (χ3v) is 3.63. The maximum Gasteiger partial charge on any atom is 0.227 e. The van der Waals surface area contributed by atoms with Gasteiger partial charge in [0.1, 0.15) is 0 Å². The van der Waals surface area contributed by atoms with E-state index in [2.05, 4.69) is 19.9 Å². The standard InChI is InChI=1S/C17H12N4O/c22-10-13-11(5-6-14-12(13)7-8-18-14)9-19-17-20-15-3-1-2-4-16(15)21-17/h1-10,18H,(H,20,21)/b19-9+. The fourth-order valence-electron chi connectivity index (χ4n) is 2.55. The molecule has 0 atom stereocenters.